The fourth-order valence-electron chi connectivity index (χ4n) is 6.22. The molecule has 38 heavy (non-hydrogen) atoms. The monoisotopic (exact) mass is 532 g/mol. The number of ketones is 1. The van der Waals surface area contributed by atoms with Gasteiger partial charge in [-0.25, -0.2) is 4.39 Å². The van der Waals surface area contributed by atoms with Crippen molar-refractivity contribution in [2.24, 2.45) is 5.92 Å². The van der Waals surface area contributed by atoms with Gasteiger partial charge in [0.2, 0.25) is 5.91 Å². The van der Waals surface area contributed by atoms with Crippen LogP contribution in [0.1, 0.15) is 42.9 Å². The lowest BCUT2D eigenvalue weighted by atomic mass is 9.70. The highest BCUT2D eigenvalue weighted by molar-refractivity contribution is 6.30. The van der Waals surface area contributed by atoms with Gasteiger partial charge in [0, 0.05) is 18.1 Å². The first-order valence-corrected chi connectivity index (χ1v) is 13.8. The van der Waals surface area contributed by atoms with Crippen molar-refractivity contribution in [2.75, 3.05) is 26.2 Å². The molecule has 0 bridgehead atoms. The lowest BCUT2D eigenvalue weighted by Crippen LogP contribution is -2.47. The van der Waals surface area contributed by atoms with Gasteiger partial charge in [-0.15, -0.1) is 0 Å². The zero-order valence-corrected chi connectivity index (χ0v) is 22.5. The van der Waals surface area contributed by atoms with E-state index in [1.807, 2.05) is 42.5 Å². The number of likely N-dealkylation sites (tertiary alicyclic amines) is 1. The molecule has 3 aromatic rings. The second kappa shape index (κ2) is 11.0. The van der Waals surface area contributed by atoms with Crippen LogP contribution in [0.25, 0.3) is 0 Å². The SMILES string of the molecule is CC(=O)C1(c2ccccc2)CCN(CC2CC2(C(=O)NCCc2ccc(F)cc2)c2ccc(Cl)cc2)CC1. The molecule has 1 heterocycles. The second-order valence-electron chi connectivity index (χ2n) is 10.8. The van der Waals surface area contributed by atoms with Gasteiger partial charge in [-0.1, -0.05) is 66.2 Å². The average molecular weight is 533 g/mol. The predicted octanol–water partition coefficient (Wildman–Crippen LogP) is 5.72. The Morgan fingerprint density at radius 2 is 1.61 bits per heavy atom. The van der Waals surface area contributed by atoms with Crippen LogP contribution in [0.15, 0.2) is 78.9 Å². The zero-order valence-electron chi connectivity index (χ0n) is 21.8. The van der Waals surface area contributed by atoms with E-state index in [4.69, 9.17) is 11.6 Å². The Labute approximate surface area is 229 Å². The summed E-state index contributed by atoms with van der Waals surface area (Å²) < 4.78 is 13.2. The van der Waals surface area contributed by atoms with Crippen LogP contribution in [-0.4, -0.2) is 42.8 Å². The first-order valence-electron chi connectivity index (χ1n) is 13.4. The molecule has 1 saturated heterocycles. The van der Waals surface area contributed by atoms with Gasteiger partial charge in [-0.2, -0.15) is 0 Å². The number of piperidine rings is 1. The molecule has 0 radical (unpaired) electrons. The fraction of sp³-hybridized carbons (Fsp3) is 0.375. The molecule has 1 N–H and O–H groups in total. The summed E-state index contributed by atoms with van der Waals surface area (Å²) in [4.78, 5) is 28.8. The normalized spacial score (nSPS) is 22.6. The molecule has 3 aromatic carbocycles. The van der Waals surface area contributed by atoms with Gasteiger partial charge in [0.25, 0.3) is 0 Å². The van der Waals surface area contributed by atoms with Gasteiger partial charge >= 0.3 is 0 Å². The van der Waals surface area contributed by atoms with Crippen molar-refractivity contribution in [1.82, 2.24) is 10.2 Å². The van der Waals surface area contributed by atoms with Gasteiger partial charge in [-0.3, -0.25) is 9.59 Å². The summed E-state index contributed by atoms with van der Waals surface area (Å²) in [6, 6.07) is 24.2. The van der Waals surface area contributed by atoms with Crippen molar-refractivity contribution in [1.29, 1.82) is 0 Å². The zero-order chi connectivity index (χ0) is 26.8. The number of amides is 1. The van der Waals surface area contributed by atoms with E-state index in [9.17, 15) is 14.0 Å². The van der Waals surface area contributed by atoms with E-state index >= 15 is 0 Å². The molecule has 1 aliphatic heterocycles. The number of Topliss-reactive ketones (excluding diaryl/α,β-unsaturated/α-hetero) is 1. The maximum atomic E-state index is 13.6. The summed E-state index contributed by atoms with van der Waals surface area (Å²) in [6.45, 7) is 4.68. The number of benzene rings is 3. The lowest BCUT2D eigenvalue weighted by Gasteiger charge is -2.41. The Hall–Kier alpha value is -3.02. The maximum Gasteiger partial charge on any atom is 0.231 e. The molecular formula is C32H34ClFN2O2. The molecule has 2 unspecified atom stereocenters. The van der Waals surface area contributed by atoms with Crippen LogP contribution < -0.4 is 5.32 Å². The van der Waals surface area contributed by atoms with E-state index < -0.39 is 10.8 Å². The fourth-order valence-corrected chi connectivity index (χ4v) is 6.35. The molecule has 6 heteroatoms. The summed E-state index contributed by atoms with van der Waals surface area (Å²) in [6.07, 6.45) is 3.00. The van der Waals surface area contributed by atoms with Gasteiger partial charge in [0.1, 0.15) is 11.6 Å². The quantitative estimate of drug-likeness (QED) is 0.383. The number of hydrogen-bond donors (Lipinski definition) is 1. The van der Waals surface area contributed by atoms with E-state index in [-0.39, 0.29) is 23.4 Å². The van der Waals surface area contributed by atoms with Crippen molar-refractivity contribution >= 4 is 23.3 Å². The molecule has 198 valence electrons. The molecule has 1 saturated carbocycles. The molecule has 1 amide bonds. The topological polar surface area (TPSA) is 49.4 Å². The first-order chi connectivity index (χ1) is 18.3. The standard InChI is InChI=1S/C32H34ClFN2O2/c1-23(37)31(25-5-3-2-4-6-25)16-19-36(20-17-31)22-27-21-32(27,26-9-11-28(33)12-10-26)30(38)35-18-15-24-7-13-29(34)14-8-24/h2-14,27H,15-22H2,1H3,(H,35,38). The molecule has 4 nitrogen and oxygen atoms in total. The molecule has 2 aliphatic rings. The number of carbonyl (C=O) groups is 2. The van der Waals surface area contributed by atoms with E-state index in [0.717, 1.165) is 55.6 Å². The minimum atomic E-state index is -0.581. The summed E-state index contributed by atoms with van der Waals surface area (Å²) in [5.41, 5.74) is 2.08. The average Bonchev–Trinajstić information content (AvgIpc) is 3.65. The number of hydrogen-bond acceptors (Lipinski definition) is 3. The third-order valence-electron chi connectivity index (χ3n) is 8.67. The van der Waals surface area contributed by atoms with Crippen LogP contribution in [0.3, 0.4) is 0 Å². The molecule has 2 fully saturated rings. The number of nitrogens with zero attached hydrogens (tertiary/aromatic N) is 1. The number of rotatable bonds is 9. The second-order valence-corrected chi connectivity index (χ2v) is 11.3. The maximum absolute atomic E-state index is 13.6. The van der Waals surface area contributed by atoms with E-state index in [1.165, 1.54) is 12.1 Å². The molecule has 0 aromatic heterocycles. The summed E-state index contributed by atoms with van der Waals surface area (Å²) in [7, 11) is 0. The molecule has 2 atom stereocenters. The van der Waals surface area contributed by atoms with Crippen molar-refractivity contribution in [3.8, 4) is 0 Å². The van der Waals surface area contributed by atoms with Gasteiger partial charge in [0.05, 0.1) is 10.8 Å². The first kappa shape index (κ1) is 26.6. The minimum absolute atomic E-state index is 0.0336. The largest absolute Gasteiger partial charge is 0.355 e. The highest BCUT2D eigenvalue weighted by Gasteiger charge is 2.61. The summed E-state index contributed by atoms with van der Waals surface area (Å²) in [5, 5.41) is 3.80. The van der Waals surface area contributed by atoms with Crippen LogP contribution in [0.5, 0.6) is 0 Å². The van der Waals surface area contributed by atoms with Crippen molar-refractivity contribution in [3.63, 3.8) is 0 Å². The molecule has 0 spiro atoms. The predicted molar refractivity (Wildman–Crippen MR) is 149 cm³/mol. The highest BCUT2D eigenvalue weighted by atomic mass is 35.5. The Balaban J connectivity index is 1.26. The number of nitrogens with one attached hydrogen (secondary N) is 1. The summed E-state index contributed by atoms with van der Waals surface area (Å²) >= 11 is 6.16. The third-order valence-corrected chi connectivity index (χ3v) is 8.92. The van der Waals surface area contributed by atoms with Crippen molar-refractivity contribution in [2.45, 2.75) is 43.4 Å². The van der Waals surface area contributed by atoms with Crippen LogP contribution in [0, 0.1) is 11.7 Å². The molecular weight excluding hydrogens is 499 g/mol. The molecule has 1 aliphatic carbocycles. The Morgan fingerprint density at radius 1 is 0.947 bits per heavy atom. The van der Waals surface area contributed by atoms with E-state index in [1.54, 1.807) is 19.1 Å². The van der Waals surface area contributed by atoms with Gasteiger partial charge < -0.3 is 10.2 Å². The lowest BCUT2D eigenvalue weighted by molar-refractivity contribution is -0.124. The Kier molecular flexibility index (Phi) is 7.69. The van der Waals surface area contributed by atoms with Crippen molar-refractivity contribution < 1.29 is 14.0 Å². The van der Waals surface area contributed by atoms with Crippen LogP contribution in [0.4, 0.5) is 4.39 Å². The van der Waals surface area contributed by atoms with Crippen LogP contribution in [-0.2, 0) is 26.8 Å². The van der Waals surface area contributed by atoms with E-state index in [0.29, 0.717) is 18.0 Å². The number of carbonyl (C=O) groups excluding carboxylic acids is 2. The highest BCUT2D eigenvalue weighted by Crippen LogP contribution is 2.55. The van der Waals surface area contributed by atoms with Gasteiger partial charge in [0.15, 0.2) is 0 Å². The van der Waals surface area contributed by atoms with Crippen LogP contribution >= 0.6 is 11.6 Å². The molecule has 5 rings (SSSR count). The Bertz CT molecular complexity index is 1270. The minimum Gasteiger partial charge on any atom is -0.355 e. The number of halogens is 2. The smallest absolute Gasteiger partial charge is 0.231 e. The van der Waals surface area contributed by atoms with Crippen LogP contribution in [0.2, 0.25) is 5.02 Å². The van der Waals surface area contributed by atoms with Crippen molar-refractivity contribution in [3.05, 3.63) is 106 Å². The van der Waals surface area contributed by atoms with Gasteiger partial charge in [-0.05, 0) is 92.6 Å². The van der Waals surface area contributed by atoms with E-state index in [2.05, 4.69) is 22.3 Å². The Morgan fingerprint density at radius 3 is 2.24 bits per heavy atom. The summed E-state index contributed by atoms with van der Waals surface area (Å²) in [5.74, 6) is 0.190. The third kappa shape index (κ3) is 5.27.